The molecule has 0 saturated carbocycles. The molecule has 0 spiro atoms. The van der Waals surface area contributed by atoms with Gasteiger partial charge in [-0.2, -0.15) is 0 Å². The van der Waals surface area contributed by atoms with Gasteiger partial charge in [-0.25, -0.2) is 4.98 Å². The van der Waals surface area contributed by atoms with E-state index in [0.717, 1.165) is 43.1 Å². The van der Waals surface area contributed by atoms with Gasteiger partial charge in [-0.05, 0) is 12.8 Å². The molecule has 1 saturated heterocycles. The quantitative estimate of drug-likeness (QED) is 0.868. The zero-order valence-corrected chi connectivity index (χ0v) is 15.1. The molecule has 128 valence electrons. The van der Waals surface area contributed by atoms with E-state index in [-0.39, 0.29) is 17.7 Å². The van der Waals surface area contributed by atoms with Gasteiger partial charge in [0.25, 0.3) is 0 Å². The molecule has 2 rings (SSSR count). The minimum Gasteiger partial charge on any atom is -0.356 e. The number of thiazole rings is 1. The van der Waals surface area contributed by atoms with E-state index in [2.05, 4.69) is 10.7 Å². The average molecular weight is 337 g/mol. The first-order valence-electron chi connectivity index (χ1n) is 8.51. The van der Waals surface area contributed by atoms with Gasteiger partial charge >= 0.3 is 0 Å². The average Bonchev–Trinajstić information content (AvgIpc) is 3.03. The Bertz CT molecular complexity index is 542. The van der Waals surface area contributed by atoms with Gasteiger partial charge in [-0.15, -0.1) is 11.3 Å². The highest BCUT2D eigenvalue weighted by atomic mass is 32.1. The molecule has 1 aromatic rings. The van der Waals surface area contributed by atoms with Crippen LogP contribution in [0, 0.1) is 5.92 Å². The van der Waals surface area contributed by atoms with Crippen LogP contribution in [0.4, 0.5) is 0 Å². The number of piperidine rings is 1. The molecular formula is C17H27N3O2S. The fraction of sp³-hybridized carbons (Fsp3) is 0.706. The molecule has 1 unspecified atom stereocenters. The number of rotatable bonds is 6. The first-order chi connectivity index (χ1) is 11.0. The normalized spacial score (nSPS) is 18.3. The zero-order chi connectivity index (χ0) is 16.8. The SMILES string of the molecule is CCC(=O)NCCc1csc(C2CCCN(C(=O)C(C)C)C2)n1. The van der Waals surface area contributed by atoms with Crippen molar-refractivity contribution in [2.45, 2.75) is 52.4 Å². The summed E-state index contributed by atoms with van der Waals surface area (Å²) in [7, 11) is 0. The number of hydrogen-bond acceptors (Lipinski definition) is 4. The van der Waals surface area contributed by atoms with E-state index in [1.54, 1.807) is 11.3 Å². The molecule has 6 heteroatoms. The van der Waals surface area contributed by atoms with Gasteiger partial charge < -0.3 is 10.2 Å². The van der Waals surface area contributed by atoms with Crippen molar-refractivity contribution < 1.29 is 9.59 Å². The second-order valence-electron chi connectivity index (χ2n) is 6.41. The first kappa shape index (κ1) is 17.9. The summed E-state index contributed by atoms with van der Waals surface area (Å²) in [5, 5.41) is 6.08. The highest BCUT2D eigenvalue weighted by Gasteiger charge is 2.27. The molecule has 0 radical (unpaired) electrons. The van der Waals surface area contributed by atoms with Crippen molar-refractivity contribution in [3.63, 3.8) is 0 Å². The molecule has 1 aromatic heterocycles. The standard InChI is InChI=1S/C17H27N3O2S/c1-4-15(21)18-8-7-14-11-23-16(19-14)13-6-5-9-20(10-13)17(22)12(2)3/h11-13H,4-10H2,1-3H3,(H,18,21). The van der Waals surface area contributed by atoms with E-state index in [4.69, 9.17) is 4.98 Å². The molecular weight excluding hydrogens is 310 g/mol. The van der Waals surface area contributed by atoms with Gasteiger partial charge in [0, 0.05) is 49.7 Å². The Morgan fingerprint density at radius 1 is 1.48 bits per heavy atom. The van der Waals surface area contributed by atoms with E-state index in [9.17, 15) is 9.59 Å². The smallest absolute Gasteiger partial charge is 0.225 e. The lowest BCUT2D eigenvalue weighted by molar-refractivity contribution is -0.135. The zero-order valence-electron chi connectivity index (χ0n) is 14.3. The summed E-state index contributed by atoms with van der Waals surface area (Å²) in [5.74, 6) is 0.738. The highest BCUT2D eigenvalue weighted by Crippen LogP contribution is 2.29. The number of hydrogen-bond donors (Lipinski definition) is 1. The van der Waals surface area contributed by atoms with E-state index < -0.39 is 0 Å². The van der Waals surface area contributed by atoms with Crippen molar-refractivity contribution in [3.8, 4) is 0 Å². The molecule has 0 aliphatic carbocycles. The maximum atomic E-state index is 12.2. The number of carbonyl (C=O) groups excluding carboxylic acids is 2. The van der Waals surface area contributed by atoms with Crippen LogP contribution < -0.4 is 5.32 Å². The van der Waals surface area contributed by atoms with Crippen LogP contribution in [0.1, 0.15) is 56.7 Å². The summed E-state index contributed by atoms with van der Waals surface area (Å²) in [6, 6.07) is 0. The maximum Gasteiger partial charge on any atom is 0.225 e. The van der Waals surface area contributed by atoms with Crippen molar-refractivity contribution in [1.82, 2.24) is 15.2 Å². The van der Waals surface area contributed by atoms with Gasteiger partial charge in [-0.3, -0.25) is 9.59 Å². The van der Waals surface area contributed by atoms with Crippen LogP contribution in [-0.2, 0) is 16.0 Å². The molecule has 1 fully saturated rings. The molecule has 1 aliphatic rings. The summed E-state index contributed by atoms with van der Waals surface area (Å²) in [6.07, 6.45) is 3.43. The maximum absolute atomic E-state index is 12.2. The van der Waals surface area contributed by atoms with E-state index in [0.29, 0.717) is 18.9 Å². The Morgan fingerprint density at radius 2 is 2.26 bits per heavy atom. The Labute approximate surface area is 142 Å². The van der Waals surface area contributed by atoms with E-state index >= 15 is 0 Å². The molecule has 2 heterocycles. The number of nitrogens with zero attached hydrogens (tertiary/aromatic N) is 2. The molecule has 5 nitrogen and oxygen atoms in total. The molecule has 0 aromatic carbocycles. The Hall–Kier alpha value is -1.43. The summed E-state index contributed by atoms with van der Waals surface area (Å²) >= 11 is 1.68. The van der Waals surface area contributed by atoms with E-state index in [1.165, 1.54) is 0 Å². The molecule has 1 N–H and O–H groups in total. The second kappa shape index (κ2) is 8.43. The van der Waals surface area contributed by atoms with Crippen molar-refractivity contribution in [2.75, 3.05) is 19.6 Å². The highest BCUT2D eigenvalue weighted by molar-refractivity contribution is 7.09. The Kier molecular flexibility index (Phi) is 6.57. The Balaban J connectivity index is 1.89. The third-order valence-electron chi connectivity index (χ3n) is 4.17. The minimum absolute atomic E-state index is 0.0581. The number of aromatic nitrogens is 1. The molecule has 0 bridgehead atoms. The van der Waals surface area contributed by atoms with Crippen LogP contribution in [0.2, 0.25) is 0 Å². The number of likely N-dealkylation sites (tertiary alicyclic amines) is 1. The van der Waals surface area contributed by atoms with Crippen LogP contribution in [-0.4, -0.2) is 41.3 Å². The third kappa shape index (κ3) is 5.03. The van der Waals surface area contributed by atoms with Crippen LogP contribution in [0.5, 0.6) is 0 Å². The Morgan fingerprint density at radius 3 is 2.96 bits per heavy atom. The predicted molar refractivity (Wildman–Crippen MR) is 92.5 cm³/mol. The summed E-state index contributed by atoms with van der Waals surface area (Å²) in [4.78, 5) is 30.1. The summed E-state index contributed by atoms with van der Waals surface area (Å²) in [5.41, 5.74) is 1.04. The van der Waals surface area contributed by atoms with Gasteiger partial charge in [0.15, 0.2) is 0 Å². The largest absolute Gasteiger partial charge is 0.356 e. The number of amides is 2. The van der Waals surface area contributed by atoms with Gasteiger partial charge in [0.05, 0.1) is 10.7 Å². The molecule has 23 heavy (non-hydrogen) atoms. The van der Waals surface area contributed by atoms with Crippen LogP contribution in [0.25, 0.3) is 0 Å². The molecule has 1 aliphatic heterocycles. The summed E-state index contributed by atoms with van der Waals surface area (Å²) < 4.78 is 0. The minimum atomic E-state index is 0.0581. The number of nitrogens with one attached hydrogen (secondary N) is 1. The van der Waals surface area contributed by atoms with Gasteiger partial charge in [-0.1, -0.05) is 20.8 Å². The molecule has 1 atom stereocenters. The first-order valence-corrected chi connectivity index (χ1v) is 9.39. The lowest BCUT2D eigenvalue weighted by Gasteiger charge is -2.33. The number of carbonyl (C=O) groups is 2. The third-order valence-corrected chi connectivity index (χ3v) is 5.23. The second-order valence-corrected chi connectivity index (χ2v) is 7.30. The fourth-order valence-corrected chi connectivity index (χ4v) is 3.81. The van der Waals surface area contributed by atoms with Crippen LogP contribution in [0.15, 0.2) is 5.38 Å². The van der Waals surface area contributed by atoms with Crippen molar-refractivity contribution in [2.24, 2.45) is 5.92 Å². The van der Waals surface area contributed by atoms with Crippen molar-refractivity contribution in [3.05, 3.63) is 16.1 Å². The topological polar surface area (TPSA) is 62.3 Å². The van der Waals surface area contributed by atoms with Gasteiger partial charge in [0.2, 0.25) is 11.8 Å². The fourth-order valence-electron chi connectivity index (χ4n) is 2.82. The van der Waals surface area contributed by atoms with E-state index in [1.807, 2.05) is 25.7 Å². The predicted octanol–water partition coefficient (Wildman–Crippen LogP) is 2.57. The van der Waals surface area contributed by atoms with Gasteiger partial charge in [0.1, 0.15) is 0 Å². The molecule has 2 amide bonds. The lowest BCUT2D eigenvalue weighted by Crippen LogP contribution is -2.41. The van der Waals surface area contributed by atoms with Crippen molar-refractivity contribution in [1.29, 1.82) is 0 Å². The van der Waals surface area contributed by atoms with Crippen LogP contribution in [0.3, 0.4) is 0 Å². The lowest BCUT2D eigenvalue weighted by atomic mass is 9.97. The van der Waals surface area contributed by atoms with Crippen molar-refractivity contribution >= 4 is 23.2 Å². The van der Waals surface area contributed by atoms with Crippen LogP contribution >= 0.6 is 11.3 Å². The monoisotopic (exact) mass is 337 g/mol. The summed E-state index contributed by atoms with van der Waals surface area (Å²) in [6.45, 7) is 8.06.